The van der Waals surface area contributed by atoms with Gasteiger partial charge in [-0.3, -0.25) is 9.59 Å². The largest absolute Gasteiger partial charge is 0.508 e. The molecule has 0 unspecified atom stereocenters. The van der Waals surface area contributed by atoms with Crippen molar-refractivity contribution in [3.8, 4) is 17.0 Å². The molecule has 14 nitrogen and oxygen atoms in total. The summed E-state index contributed by atoms with van der Waals surface area (Å²) in [5.74, 6) is -1.66. The lowest BCUT2D eigenvalue weighted by atomic mass is 9.99. The molecule has 0 spiro atoms. The van der Waals surface area contributed by atoms with Gasteiger partial charge in [-0.05, 0) is 36.6 Å². The Labute approximate surface area is 253 Å². The molecular weight excluding hydrogens is 570 g/mol. The van der Waals surface area contributed by atoms with E-state index in [1.165, 1.54) is 29.2 Å². The number of carboxylic acids is 1. The Balaban J connectivity index is 1.50. The number of ether oxygens (including phenoxy) is 2. The predicted octanol–water partition coefficient (Wildman–Crippen LogP) is 2.56. The molecule has 44 heavy (non-hydrogen) atoms. The van der Waals surface area contributed by atoms with Crippen LogP contribution in [0.5, 0.6) is 5.75 Å². The third kappa shape index (κ3) is 7.65. The van der Waals surface area contributed by atoms with Gasteiger partial charge in [0.25, 0.3) is 0 Å². The molecular formula is C30H35N7O7. The maximum atomic E-state index is 13.2. The quantitative estimate of drug-likeness (QED) is 0.155. The highest BCUT2D eigenvalue weighted by Crippen LogP contribution is 2.31. The number of nitrogens with one attached hydrogen (secondary N) is 1. The lowest BCUT2D eigenvalue weighted by Crippen LogP contribution is -2.36. The number of amides is 2. The number of methoxy groups -OCH3 is 2. The van der Waals surface area contributed by atoms with E-state index >= 15 is 0 Å². The van der Waals surface area contributed by atoms with Gasteiger partial charge in [-0.15, -0.1) is 0 Å². The number of phenols is 1. The second-order valence-electron chi connectivity index (χ2n) is 9.93. The lowest BCUT2D eigenvalue weighted by Gasteiger charge is -2.22. The molecule has 2 heterocycles. The Morgan fingerprint density at radius 3 is 2.45 bits per heavy atom. The average Bonchev–Trinajstić information content (AvgIpc) is 3.36. The van der Waals surface area contributed by atoms with Gasteiger partial charge in [0.15, 0.2) is 5.65 Å². The van der Waals surface area contributed by atoms with Crippen LogP contribution < -0.4 is 11.1 Å². The van der Waals surface area contributed by atoms with E-state index in [0.29, 0.717) is 67.0 Å². The van der Waals surface area contributed by atoms with Crippen LogP contribution in [0.15, 0.2) is 48.8 Å². The van der Waals surface area contributed by atoms with Crippen molar-refractivity contribution in [3.63, 3.8) is 0 Å². The maximum absolute atomic E-state index is 13.2. The van der Waals surface area contributed by atoms with Crippen LogP contribution in [0.2, 0.25) is 0 Å². The molecule has 2 amide bonds. The number of carbonyl (C=O) groups excluding carboxylic acids is 2. The van der Waals surface area contributed by atoms with Crippen LogP contribution >= 0.6 is 0 Å². The van der Waals surface area contributed by atoms with Gasteiger partial charge in [0.05, 0.1) is 29.9 Å². The van der Waals surface area contributed by atoms with E-state index < -0.39 is 11.9 Å². The van der Waals surface area contributed by atoms with Crippen LogP contribution in [0, 0.1) is 0 Å². The van der Waals surface area contributed by atoms with Crippen LogP contribution in [0.25, 0.3) is 22.3 Å². The number of phenolic OH excluding ortho intramolecular Hbond substituents is 1. The van der Waals surface area contributed by atoms with Crippen molar-refractivity contribution < 1.29 is 34.1 Å². The minimum atomic E-state index is -1.21. The zero-order chi connectivity index (χ0) is 31.6. The minimum Gasteiger partial charge on any atom is -0.508 e. The molecule has 0 aliphatic heterocycles. The highest BCUT2D eigenvalue weighted by Gasteiger charge is 2.22. The van der Waals surface area contributed by atoms with Crippen LogP contribution in [-0.2, 0) is 32.0 Å². The summed E-state index contributed by atoms with van der Waals surface area (Å²) in [6.45, 7) is 1.35. The maximum Gasteiger partial charge on any atom is 0.338 e. The number of nitrogens with two attached hydrogens (primary N) is 1. The lowest BCUT2D eigenvalue weighted by molar-refractivity contribution is -0.132. The fourth-order valence-corrected chi connectivity index (χ4v) is 4.84. The summed E-state index contributed by atoms with van der Waals surface area (Å²) in [5, 5.41) is 27.6. The number of aromatic nitrogens is 4. The Hall–Kier alpha value is -5.08. The van der Waals surface area contributed by atoms with Crippen molar-refractivity contribution in [2.45, 2.75) is 25.8 Å². The third-order valence-corrected chi connectivity index (χ3v) is 6.93. The number of anilines is 2. The number of nitrogen functional groups attached to an aromatic ring is 1. The molecule has 2 aromatic carbocycles. The number of aromatic carboxylic acids is 1. The summed E-state index contributed by atoms with van der Waals surface area (Å²) in [5.41, 5.74) is 7.90. The Kier molecular flexibility index (Phi) is 10.8. The van der Waals surface area contributed by atoms with Crippen molar-refractivity contribution in [3.05, 3.63) is 59.9 Å². The molecule has 0 fully saturated rings. The van der Waals surface area contributed by atoms with E-state index in [1.807, 2.05) is 0 Å². The molecule has 0 saturated heterocycles. The third-order valence-electron chi connectivity index (χ3n) is 6.93. The van der Waals surface area contributed by atoms with Gasteiger partial charge in [-0.2, -0.15) is 5.10 Å². The fraction of sp³-hybridized carbons (Fsp3) is 0.333. The van der Waals surface area contributed by atoms with Crippen LogP contribution in [0.3, 0.4) is 0 Å². The van der Waals surface area contributed by atoms with Gasteiger partial charge in [0.1, 0.15) is 30.1 Å². The number of fused-ring (bicyclic) bond motifs is 1. The summed E-state index contributed by atoms with van der Waals surface area (Å²) in [6, 6.07) is 11.2. The van der Waals surface area contributed by atoms with E-state index in [0.717, 1.165) is 0 Å². The molecule has 232 valence electrons. The SMILES string of the molecule is COCCN(CCOC)C(=O)CCCc1cccc(NC(=O)Cn2nc(-c3cccc(O)c3)c3c(N)ncnc32)c1C(=O)O. The molecule has 0 aliphatic rings. The van der Waals surface area contributed by atoms with Crippen LogP contribution in [0.4, 0.5) is 11.5 Å². The monoisotopic (exact) mass is 605 g/mol. The van der Waals surface area contributed by atoms with Gasteiger partial charge < -0.3 is 35.6 Å². The first-order valence-electron chi connectivity index (χ1n) is 13.9. The van der Waals surface area contributed by atoms with Gasteiger partial charge >= 0.3 is 5.97 Å². The van der Waals surface area contributed by atoms with Gasteiger partial charge in [0.2, 0.25) is 11.8 Å². The molecule has 0 radical (unpaired) electrons. The minimum absolute atomic E-state index is 0.0262. The smallest absolute Gasteiger partial charge is 0.338 e. The molecule has 5 N–H and O–H groups in total. The Bertz CT molecular complexity index is 1630. The molecule has 4 rings (SSSR count). The van der Waals surface area contributed by atoms with Crippen molar-refractivity contribution in [2.75, 3.05) is 51.6 Å². The number of hydrogen-bond acceptors (Lipinski definition) is 10. The first-order valence-corrected chi connectivity index (χ1v) is 13.9. The summed E-state index contributed by atoms with van der Waals surface area (Å²) in [6.07, 6.45) is 2.19. The predicted molar refractivity (Wildman–Crippen MR) is 162 cm³/mol. The zero-order valence-corrected chi connectivity index (χ0v) is 24.5. The Morgan fingerprint density at radius 2 is 1.77 bits per heavy atom. The highest BCUT2D eigenvalue weighted by atomic mass is 16.5. The fourth-order valence-electron chi connectivity index (χ4n) is 4.84. The molecule has 0 atom stereocenters. The molecule has 0 aliphatic carbocycles. The molecule has 14 heteroatoms. The number of nitrogens with zero attached hydrogens (tertiary/aromatic N) is 5. The van der Waals surface area contributed by atoms with E-state index in [2.05, 4.69) is 20.4 Å². The van der Waals surface area contributed by atoms with Crippen LogP contribution in [0.1, 0.15) is 28.8 Å². The number of aryl methyl sites for hydroxylation is 1. The Morgan fingerprint density at radius 1 is 1.05 bits per heavy atom. The number of aromatic hydroxyl groups is 1. The standard InChI is InChI=1S/C30H35N7O7/c1-43-14-12-36(13-15-44-2)24(40)11-5-7-19-6-4-10-22(25(19)30(41)42)34-23(39)17-37-29-26(28(31)32-18-33-29)27(35-37)20-8-3-9-21(38)16-20/h3-4,6,8-10,16,18,38H,5,7,11-15,17H2,1-2H3,(H,34,39)(H,41,42)(H2,31,32,33). The summed E-state index contributed by atoms with van der Waals surface area (Å²) < 4.78 is 11.5. The first kappa shape index (κ1) is 31.8. The molecule has 4 aromatic rings. The van der Waals surface area contributed by atoms with Crippen molar-refractivity contribution >= 4 is 40.3 Å². The summed E-state index contributed by atoms with van der Waals surface area (Å²) in [4.78, 5) is 48.2. The zero-order valence-electron chi connectivity index (χ0n) is 24.5. The number of benzene rings is 2. The molecule has 2 aromatic heterocycles. The average molecular weight is 606 g/mol. The summed E-state index contributed by atoms with van der Waals surface area (Å²) in [7, 11) is 3.13. The first-order chi connectivity index (χ1) is 21.2. The van der Waals surface area contributed by atoms with E-state index in [9.17, 15) is 24.6 Å². The number of hydrogen-bond donors (Lipinski definition) is 4. The van der Waals surface area contributed by atoms with Crippen molar-refractivity contribution in [1.82, 2.24) is 24.6 Å². The molecule has 0 bridgehead atoms. The summed E-state index contributed by atoms with van der Waals surface area (Å²) >= 11 is 0. The number of carboxylic acid groups (broad SMARTS) is 1. The van der Waals surface area contributed by atoms with Crippen LogP contribution in [-0.4, -0.2) is 93.2 Å². The number of carbonyl (C=O) groups is 3. The number of rotatable bonds is 15. The van der Waals surface area contributed by atoms with E-state index in [-0.39, 0.29) is 41.7 Å². The second kappa shape index (κ2) is 14.9. The van der Waals surface area contributed by atoms with E-state index in [1.54, 1.807) is 43.4 Å². The van der Waals surface area contributed by atoms with E-state index in [4.69, 9.17) is 15.2 Å². The van der Waals surface area contributed by atoms with Crippen molar-refractivity contribution in [2.24, 2.45) is 0 Å². The molecule has 0 saturated carbocycles. The topological polar surface area (TPSA) is 195 Å². The van der Waals surface area contributed by atoms with Gasteiger partial charge in [-0.25, -0.2) is 19.4 Å². The van der Waals surface area contributed by atoms with Crippen molar-refractivity contribution in [1.29, 1.82) is 0 Å². The van der Waals surface area contributed by atoms with Gasteiger partial charge in [-0.1, -0.05) is 24.3 Å². The van der Waals surface area contributed by atoms with Gasteiger partial charge in [0, 0.05) is 39.3 Å². The second-order valence-corrected chi connectivity index (χ2v) is 9.93. The normalized spacial score (nSPS) is 11.0. The highest BCUT2D eigenvalue weighted by molar-refractivity contribution is 6.03.